The summed E-state index contributed by atoms with van der Waals surface area (Å²) >= 11 is 0. The van der Waals surface area contributed by atoms with Crippen LogP contribution in [0.3, 0.4) is 0 Å². The molecule has 1 fully saturated rings. The third-order valence-electron chi connectivity index (χ3n) is 4.31. The summed E-state index contributed by atoms with van der Waals surface area (Å²) in [5, 5.41) is 0. The average molecular weight is 260 g/mol. The van der Waals surface area contributed by atoms with E-state index in [4.69, 9.17) is 0 Å². The van der Waals surface area contributed by atoms with Gasteiger partial charge < -0.3 is 0 Å². The quantitative estimate of drug-likeness (QED) is 0.780. The molecule has 0 heterocycles. The molecule has 1 saturated carbocycles. The zero-order chi connectivity index (χ0) is 13.3. The van der Waals surface area contributed by atoms with Gasteiger partial charge in [-0.1, -0.05) is 13.8 Å². The van der Waals surface area contributed by atoms with E-state index in [0.717, 1.165) is 12.8 Å². The number of hydrogen-bond donors (Lipinski definition) is 0. The van der Waals surface area contributed by atoms with Crippen LogP contribution in [0.25, 0.3) is 0 Å². The number of rotatable bonds is 4. The second kappa shape index (κ2) is 5.09. The Morgan fingerprint density at radius 2 is 1.71 bits per heavy atom. The van der Waals surface area contributed by atoms with Crippen LogP contribution in [0.5, 0.6) is 0 Å². The predicted molar refractivity (Wildman–Crippen MR) is 69.7 cm³/mol. The summed E-state index contributed by atoms with van der Waals surface area (Å²) in [6, 6.07) is 0. The van der Waals surface area contributed by atoms with Gasteiger partial charge in [-0.05, 0) is 38.5 Å². The summed E-state index contributed by atoms with van der Waals surface area (Å²) in [7, 11) is -3.09. The highest BCUT2D eigenvalue weighted by atomic mass is 32.2. The molecule has 100 valence electrons. The van der Waals surface area contributed by atoms with Crippen molar-refractivity contribution in [1.29, 1.82) is 0 Å². The summed E-state index contributed by atoms with van der Waals surface area (Å²) in [6.07, 6.45) is 2.60. The Morgan fingerprint density at radius 3 is 2.12 bits per heavy atom. The fourth-order valence-electron chi connectivity index (χ4n) is 2.05. The minimum Gasteiger partial charge on any atom is -0.300 e. The van der Waals surface area contributed by atoms with Crippen molar-refractivity contribution in [2.24, 2.45) is 11.8 Å². The van der Waals surface area contributed by atoms with Crippen molar-refractivity contribution in [1.82, 2.24) is 0 Å². The number of sulfone groups is 1. The van der Waals surface area contributed by atoms with Gasteiger partial charge in [-0.2, -0.15) is 0 Å². The Kier molecular flexibility index (Phi) is 4.39. The normalized spacial score (nSPS) is 19.9. The first kappa shape index (κ1) is 14.7. The third-order valence-corrected chi connectivity index (χ3v) is 7.29. The first-order valence-electron chi connectivity index (χ1n) is 6.41. The van der Waals surface area contributed by atoms with Crippen LogP contribution in [0.2, 0.25) is 0 Å². The zero-order valence-electron chi connectivity index (χ0n) is 11.3. The number of ketones is 1. The van der Waals surface area contributed by atoms with E-state index < -0.39 is 14.6 Å². The van der Waals surface area contributed by atoms with E-state index in [1.165, 1.54) is 0 Å². The Morgan fingerprint density at radius 1 is 1.24 bits per heavy atom. The number of carbonyl (C=O) groups excluding carboxylic acids is 1. The fraction of sp³-hybridized carbons (Fsp3) is 0.923. The van der Waals surface area contributed by atoms with Crippen molar-refractivity contribution in [3.05, 3.63) is 0 Å². The molecule has 4 heteroatoms. The molecule has 1 aliphatic rings. The molecule has 0 atom stereocenters. The van der Waals surface area contributed by atoms with Crippen LogP contribution in [0.15, 0.2) is 0 Å². The highest BCUT2D eigenvalue weighted by Crippen LogP contribution is 2.31. The van der Waals surface area contributed by atoms with Crippen molar-refractivity contribution >= 4 is 15.6 Å². The Bertz CT molecular complexity index is 369. The lowest BCUT2D eigenvalue weighted by atomic mass is 9.90. The second-order valence-electron chi connectivity index (χ2n) is 6.02. The summed E-state index contributed by atoms with van der Waals surface area (Å²) in [5.74, 6) is 0.807. The maximum absolute atomic E-state index is 12.4. The Labute approximate surface area is 105 Å². The highest BCUT2D eigenvalue weighted by molar-refractivity contribution is 7.92. The molecule has 1 rings (SSSR count). The van der Waals surface area contributed by atoms with E-state index >= 15 is 0 Å². The smallest absolute Gasteiger partial charge is 0.155 e. The molecule has 0 amide bonds. The standard InChI is InChI=1S/C13H24O3S/c1-10(2)13(3,4)17(15,16)9-11-5-7-12(14)8-6-11/h10-11H,5-9H2,1-4H3. The lowest BCUT2D eigenvalue weighted by Gasteiger charge is -2.31. The van der Waals surface area contributed by atoms with Gasteiger partial charge in [-0.25, -0.2) is 8.42 Å². The van der Waals surface area contributed by atoms with Crippen LogP contribution in [0.1, 0.15) is 53.4 Å². The molecule has 0 aromatic rings. The first-order valence-corrected chi connectivity index (χ1v) is 8.06. The van der Waals surface area contributed by atoms with Crippen LogP contribution >= 0.6 is 0 Å². The molecular weight excluding hydrogens is 236 g/mol. The van der Waals surface area contributed by atoms with E-state index in [9.17, 15) is 13.2 Å². The summed E-state index contributed by atoms with van der Waals surface area (Å²) < 4.78 is 24.0. The van der Waals surface area contributed by atoms with Crippen LogP contribution in [-0.4, -0.2) is 24.7 Å². The Hall–Kier alpha value is -0.380. The molecule has 0 saturated heterocycles. The van der Waals surface area contributed by atoms with Crippen LogP contribution < -0.4 is 0 Å². The van der Waals surface area contributed by atoms with E-state index in [-0.39, 0.29) is 23.4 Å². The van der Waals surface area contributed by atoms with E-state index in [1.807, 2.05) is 13.8 Å². The molecule has 0 N–H and O–H groups in total. The maximum Gasteiger partial charge on any atom is 0.155 e. The van der Waals surface area contributed by atoms with Gasteiger partial charge in [0.2, 0.25) is 0 Å². The second-order valence-corrected chi connectivity index (χ2v) is 8.64. The molecule has 3 nitrogen and oxygen atoms in total. The molecule has 0 aromatic heterocycles. The van der Waals surface area contributed by atoms with Gasteiger partial charge in [0.15, 0.2) is 9.84 Å². The summed E-state index contributed by atoms with van der Waals surface area (Å²) in [5.41, 5.74) is 0. The van der Waals surface area contributed by atoms with Crippen LogP contribution in [0.4, 0.5) is 0 Å². The highest BCUT2D eigenvalue weighted by Gasteiger charge is 2.39. The van der Waals surface area contributed by atoms with Gasteiger partial charge in [-0.15, -0.1) is 0 Å². The van der Waals surface area contributed by atoms with Crippen molar-refractivity contribution < 1.29 is 13.2 Å². The van der Waals surface area contributed by atoms with Crippen molar-refractivity contribution in [3.8, 4) is 0 Å². The minimum atomic E-state index is -3.09. The average Bonchev–Trinajstić information content (AvgIpc) is 2.20. The molecule has 17 heavy (non-hydrogen) atoms. The zero-order valence-corrected chi connectivity index (χ0v) is 12.1. The van der Waals surface area contributed by atoms with Gasteiger partial charge in [0.05, 0.1) is 10.5 Å². The van der Waals surface area contributed by atoms with E-state index in [1.54, 1.807) is 13.8 Å². The number of Topliss-reactive ketones (excluding diaryl/α,β-unsaturated/α-hetero) is 1. The number of hydrogen-bond acceptors (Lipinski definition) is 3. The largest absolute Gasteiger partial charge is 0.300 e. The molecule has 0 aromatic carbocycles. The van der Waals surface area contributed by atoms with Crippen LogP contribution in [0, 0.1) is 11.8 Å². The molecule has 0 unspecified atom stereocenters. The molecule has 0 bridgehead atoms. The molecule has 0 radical (unpaired) electrons. The fourth-order valence-corrected chi connectivity index (χ4v) is 4.15. The van der Waals surface area contributed by atoms with Gasteiger partial charge in [0, 0.05) is 12.8 Å². The van der Waals surface area contributed by atoms with E-state index in [0.29, 0.717) is 12.8 Å². The van der Waals surface area contributed by atoms with Gasteiger partial charge in [0.25, 0.3) is 0 Å². The van der Waals surface area contributed by atoms with Crippen molar-refractivity contribution in [3.63, 3.8) is 0 Å². The minimum absolute atomic E-state index is 0.109. The Balaban J connectivity index is 2.70. The molecule has 0 aliphatic heterocycles. The monoisotopic (exact) mass is 260 g/mol. The summed E-state index contributed by atoms with van der Waals surface area (Å²) in [4.78, 5) is 11.1. The topological polar surface area (TPSA) is 51.2 Å². The third kappa shape index (κ3) is 3.30. The van der Waals surface area contributed by atoms with Gasteiger partial charge in [0.1, 0.15) is 5.78 Å². The first-order chi connectivity index (χ1) is 7.67. The van der Waals surface area contributed by atoms with E-state index in [2.05, 4.69) is 0 Å². The lowest BCUT2D eigenvalue weighted by Crippen LogP contribution is -2.41. The SMILES string of the molecule is CC(C)C(C)(C)S(=O)(=O)CC1CCC(=O)CC1. The lowest BCUT2D eigenvalue weighted by molar-refractivity contribution is -0.120. The van der Waals surface area contributed by atoms with Crippen molar-refractivity contribution in [2.45, 2.75) is 58.1 Å². The molecule has 0 spiro atoms. The number of carbonyl (C=O) groups is 1. The summed E-state index contributed by atoms with van der Waals surface area (Å²) in [6.45, 7) is 7.51. The maximum atomic E-state index is 12.4. The van der Waals surface area contributed by atoms with Gasteiger partial charge in [-0.3, -0.25) is 4.79 Å². The molecular formula is C13H24O3S. The molecule has 1 aliphatic carbocycles. The van der Waals surface area contributed by atoms with Crippen LogP contribution in [-0.2, 0) is 14.6 Å². The van der Waals surface area contributed by atoms with Crippen molar-refractivity contribution in [2.75, 3.05) is 5.75 Å². The predicted octanol–water partition coefficient (Wildman–Crippen LogP) is 2.60. The van der Waals surface area contributed by atoms with Gasteiger partial charge >= 0.3 is 0 Å².